The fourth-order valence-corrected chi connectivity index (χ4v) is 1.95. The van der Waals surface area contributed by atoms with Crippen LogP contribution in [0.25, 0.3) is 0 Å². The van der Waals surface area contributed by atoms with E-state index in [-0.39, 0.29) is 10.6 Å². The number of benzene rings is 1. The molecule has 0 saturated carbocycles. The van der Waals surface area contributed by atoms with Crippen molar-refractivity contribution in [3.8, 4) is 0 Å². The summed E-state index contributed by atoms with van der Waals surface area (Å²) >= 11 is 5.81. The van der Waals surface area contributed by atoms with Gasteiger partial charge in [-0.15, -0.1) is 0 Å². The zero-order chi connectivity index (χ0) is 13.8. The third kappa shape index (κ3) is 3.32. The van der Waals surface area contributed by atoms with Crippen LogP contribution in [-0.4, -0.2) is 22.0 Å². The topological polar surface area (TPSA) is 46.9 Å². The minimum atomic E-state index is -0.622. The highest BCUT2D eigenvalue weighted by Crippen LogP contribution is 2.18. The predicted octanol–water partition coefficient (Wildman–Crippen LogP) is 2.19. The standard InChI is InChI=1S/C13H13ClFN3O/c1-18-7-9(17-8-18)5-6-16-13(19)12-10(14)3-2-4-11(12)15/h2-4,7-8H,5-6H2,1H3,(H,16,19). The van der Waals surface area contributed by atoms with E-state index in [9.17, 15) is 9.18 Å². The lowest BCUT2D eigenvalue weighted by Crippen LogP contribution is -2.27. The highest BCUT2D eigenvalue weighted by atomic mass is 35.5. The Morgan fingerprint density at radius 1 is 1.53 bits per heavy atom. The van der Waals surface area contributed by atoms with Gasteiger partial charge in [-0.3, -0.25) is 4.79 Å². The van der Waals surface area contributed by atoms with Gasteiger partial charge in [0.15, 0.2) is 0 Å². The maximum absolute atomic E-state index is 13.5. The number of amides is 1. The summed E-state index contributed by atoms with van der Waals surface area (Å²) in [6, 6.07) is 4.15. The number of rotatable bonds is 4. The lowest BCUT2D eigenvalue weighted by Gasteiger charge is -2.06. The molecule has 0 aliphatic rings. The molecule has 1 amide bonds. The highest BCUT2D eigenvalue weighted by molar-refractivity contribution is 6.33. The van der Waals surface area contributed by atoms with E-state index in [0.29, 0.717) is 13.0 Å². The summed E-state index contributed by atoms with van der Waals surface area (Å²) in [6.07, 6.45) is 4.13. The van der Waals surface area contributed by atoms with E-state index in [4.69, 9.17) is 11.6 Å². The van der Waals surface area contributed by atoms with Crippen LogP contribution in [-0.2, 0) is 13.5 Å². The van der Waals surface area contributed by atoms with Crippen LogP contribution >= 0.6 is 11.6 Å². The first kappa shape index (κ1) is 13.5. The largest absolute Gasteiger partial charge is 0.352 e. The van der Waals surface area contributed by atoms with Crippen molar-refractivity contribution in [1.29, 1.82) is 0 Å². The van der Waals surface area contributed by atoms with E-state index in [1.54, 1.807) is 6.33 Å². The van der Waals surface area contributed by atoms with Crippen molar-refractivity contribution in [3.63, 3.8) is 0 Å². The second-order valence-corrected chi connectivity index (χ2v) is 4.54. The summed E-state index contributed by atoms with van der Waals surface area (Å²) in [4.78, 5) is 16.0. The second kappa shape index (κ2) is 5.84. The summed E-state index contributed by atoms with van der Waals surface area (Å²) in [5.74, 6) is -1.14. The molecule has 1 N–H and O–H groups in total. The van der Waals surface area contributed by atoms with Crippen molar-refractivity contribution in [2.24, 2.45) is 7.05 Å². The third-order valence-corrected chi connectivity index (χ3v) is 2.93. The first-order valence-corrected chi connectivity index (χ1v) is 6.15. The molecule has 1 aromatic carbocycles. The average Bonchev–Trinajstić information content (AvgIpc) is 2.75. The van der Waals surface area contributed by atoms with Gasteiger partial charge >= 0.3 is 0 Å². The molecule has 4 nitrogen and oxygen atoms in total. The molecule has 0 aliphatic carbocycles. The van der Waals surface area contributed by atoms with Gasteiger partial charge in [0.1, 0.15) is 5.82 Å². The Kier molecular flexibility index (Phi) is 4.16. The van der Waals surface area contributed by atoms with Gasteiger partial charge in [0.25, 0.3) is 5.91 Å². The van der Waals surface area contributed by atoms with Crippen molar-refractivity contribution >= 4 is 17.5 Å². The lowest BCUT2D eigenvalue weighted by molar-refractivity contribution is 0.0950. The summed E-state index contributed by atoms with van der Waals surface area (Å²) in [7, 11) is 1.87. The minimum absolute atomic E-state index is 0.107. The molecule has 2 rings (SSSR count). The fraction of sp³-hybridized carbons (Fsp3) is 0.231. The molecule has 2 aromatic rings. The molecule has 100 valence electrons. The Bertz CT molecular complexity index is 577. The van der Waals surface area contributed by atoms with Crippen LogP contribution in [0.3, 0.4) is 0 Å². The number of hydrogen-bond acceptors (Lipinski definition) is 2. The number of aryl methyl sites for hydroxylation is 1. The number of halogens is 2. The van der Waals surface area contributed by atoms with Gasteiger partial charge in [0.2, 0.25) is 0 Å². The average molecular weight is 282 g/mol. The first-order valence-electron chi connectivity index (χ1n) is 5.77. The lowest BCUT2D eigenvalue weighted by atomic mass is 10.2. The second-order valence-electron chi connectivity index (χ2n) is 4.13. The number of carbonyl (C=O) groups excluding carboxylic acids is 1. The van der Waals surface area contributed by atoms with E-state index in [1.165, 1.54) is 18.2 Å². The van der Waals surface area contributed by atoms with Crippen LogP contribution in [0, 0.1) is 5.82 Å². The number of carbonyl (C=O) groups is 1. The van der Waals surface area contributed by atoms with Gasteiger partial charge in [-0.2, -0.15) is 0 Å². The summed E-state index contributed by atoms with van der Waals surface area (Å²) in [6.45, 7) is 0.376. The van der Waals surface area contributed by atoms with Gasteiger partial charge in [0, 0.05) is 26.2 Å². The van der Waals surface area contributed by atoms with E-state index < -0.39 is 11.7 Å². The fourth-order valence-electron chi connectivity index (χ4n) is 1.70. The van der Waals surface area contributed by atoms with Crippen LogP contribution in [0.5, 0.6) is 0 Å². The first-order chi connectivity index (χ1) is 9.08. The number of imidazole rings is 1. The Morgan fingerprint density at radius 3 is 2.95 bits per heavy atom. The third-order valence-electron chi connectivity index (χ3n) is 2.61. The molecule has 0 aliphatic heterocycles. The van der Waals surface area contributed by atoms with Gasteiger partial charge in [-0.25, -0.2) is 9.37 Å². The molecule has 19 heavy (non-hydrogen) atoms. The van der Waals surface area contributed by atoms with Crippen LogP contribution in [0.4, 0.5) is 4.39 Å². The number of hydrogen-bond donors (Lipinski definition) is 1. The van der Waals surface area contributed by atoms with E-state index in [0.717, 1.165) is 5.69 Å². The Labute approximate surface area is 115 Å². The molecule has 0 bridgehead atoms. The van der Waals surface area contributed by atoms with Crippen LogP contribution in [0.1, 0.15) is 16.1 Å². The Morgan fingerprint density at radius 2 is 2.32 bits per heavy atom. The zero-order valence-electron chi connectivity index (χ0n) is 10.4. The SMILES string of the molecule is Cn1cnc(CCNC(=O)c2c(F)cccc2Cl)c1. The molecule has 0 unspecified atom stereocenters. The number of aromatic nitrogens is 2. The van der Waals surface area contributed by atoms with Gasteiger partial charge < -0.3 is 9.88 Å². The zero-order valence-corrected chi connectivity index (χ0v) is 11.1. The van der Waals surface area contributed by atoms with Crippen molar-refractivity contribution in [3.05, 3.63) is 52.8 Å². The van der Waals surface area contributed by atoms with Crippen LogP contribution in [0.2, 0.25) is 5.02 Å². The van der Waals surface area contributed by atoms with Gasteiger partial charge in [-0.05, 0) is 12.1 Å². The maximum Gasteiger partial charge on any atom is 0.255 e. The highest BCUT2D eigenvalue weighted by Gasteiger charge is 2.15. The van der Waals surface area contributed by atoms with Crippen molar-refractivity contribution < 1.29 is 9.18 Å². The minimum Gasteiger partial charge on any atom is -0.352 e. The predicted molar refractivity (Wildman–Crippen MR) is 70.7 cm³/mol. The molecule has 0 saturated heterocycles. The number of nitrogens with zero attached hydrogens (tertiary/aromatic N) is 2. The van der Waals surface area contributed by atoms with E-state index in [2.05, 4.69) is 10.3 Å². The molecule has 0 radical (unpaired) electrons. The molecule has 6 heteroatoms. The van der Waals surface area contributed by atoms with Crippen LogP contribution < -0.4 is 5.32 Å². The monoisotopic (exact) mass is 281 g/mol. The molecule has 0 fully saturated rings. The summed E-state index contributed by atoms with van der Waals surface area (Å²) in [5, 5.41) is 2.73. The molecule has 1 aromatic heterocycles. The summed E-state index contributed by atoms with van der Waals surface area (Å²) in [5.41, 5.74) is 0.743. The van der Waals surface area contributed by atoms with E-state index >= 15 is 0 Å². The van der Waals surface area contributed by atoms with Crippen molar-refractivity contribution in [1.82, 2.24) is 14.9 Å². The van der Waals surface area contributed by atoms with Crippen molar-refractivity contribution in [2.75, 3.05) is 6.54 Å². The Balaban J connectivity index is 1.94. The smallest absolute Gasteiger partial charge is 0.255 e. The van der Waals surface area contributed by atoms with Gasteiger partial charge in [-0.1, -0.05) is 17.7 Å². The molecule has 0 atom stereocenters. The van der Waals surface area contributed by atoms with E-state index in [1.807, 2.05) is 17.8 Å². The Hall–Kier alpha value is -1.88. The number of nitrogens with one attached hydrogen (secondary N) is 1. The molecule has 0 spiro atoms. The summed E-state index contributed by atoms with van der Waals surface area (Å²) < 4.78 is 15.3. The molecular formula is C13H13ClFN3O. The maximum atomic E-state index is 13.5. The normalized spacial score (nSPS) is 10.5. The van der Waals surface area contributed by atoms with Gasteiger partial charge in [0.05, 0.1) is 22.6 Å². The molecule has 1 heterocycles. The van der Waals surface area contributed by atoms with Crippen LogP contribution in [0.15, 0.2) is 30.7 Å². The quantitative estimate of drug-likeness (QED) is 0.934. The van der Waals surface area contributed by atoms with Crippen molar-refractivity contribution in [2.45, 2.75) is 6.42 Å². The molecular weight excluding hydrogens is 269 g/mol.